The molecule has 1 amide bonds. The van der Waals surface area contributed by atoms with Crippen LogP contribution in [0.3, 0.4) is 0 Å². The standard InChI is InChI=1S/C39H37N5O5S2/c1-3-47-38(46)34-31-20-21-43(23-27-11-6-4-7-12-27)24-33(31)51-37(34)40-36(45)26(2)50-39-42-41-35(32-15-10-22-48-32)44(39)29-16-18-30(19-17-29)49-25-28-13-8-5-9-14-28/h4-19,22,26H,3,20-21,23-25H2,1-2H3,(H,40,45). The van der Waals surface area contributed by atoms with Gasteiger partial charge >= 0.3 is 5.97 Å². The molecule has 1 unspecified atom stereocenters. The van der Waals surface area contributed by atoms with Crippen molar-refractivity contribution in [1.82, 2.24) is 19.7 Å². The molecule has 1 atom stereocenters. The number of esters is 1. The van der Waals surface area contributed by atoms with Crippen molar-refractivity contribution in [3.63, 3.8) is 0 Å². The predicted molar refractivity (Wildman–Crippen MR) is 198 cm³/mol. The minimum absolute atomic E-state index is 0.247. The second-order valence-corrected chi connectivity index (χ2v) is 14.4. The van der Waals surface area contributed by atoms with Crippen LogP contribution in [0, 0.1) is 0 Å². The summed E-state index contributed by atoms with van der Waals surface area (Å²) in [4.78, 5) is 30.5. The van der Waals surface area contributed by atoms with Crippen molar-refractivity contribution >= 4 is 40.0 Å². The number of carbonyl (C=O) groups is 2. The number of benzene rings is 3. The van der Waals surface area contributed by atoms with Gasteiger partial charge in [-0.15, -0.1) is 21.5 Å². The summed E-state index contributed by atoms with van der Waals surface area (Å²) in [5, 5.41) is 12.4. The van der Waals surface area contributed by atoms with Gasteiger partial charge in [-0.05, 0) is 73.4 Å². The van der Waals surface area contributed by atoms with Crippen LogP contribution in [0.2, 0.25) is 0 Å². The van der Waals surface area contributed by atoms with Crippen molar-refractivity contribution in [2.24, 2.45) is 0 Å². The molecular formula is C39H37N5O5S2. The van der Waals surface area contributed by atoms with Crippen molar-refractivity contribution < 1.29 is 23.5 Å². The van der Waals surface area contributed by atoms with Gasteiger partial charge in [0.1, 0.15) is 17.4 Å². The van der Waals surface area contributed by atoms with Crippen LogP contribution in [0.4, 0.5) is 5.00 Å². The molecule has 1 aliphatic rings. The van der Waals surface area contributed by atoms with Crippen molar-refractivity contribution in [1.29, 1.82) is 0 Å². The molecule has 260 valence electrons. The molecule has 0 spiro atoms. The summed E-state index contributed by atoms with van der Waals surface area (Å²) in [7, 11) is 0. The van der Waals surface area contributed by atoms with Gasteiger partial charge in [0.05, 0.1) is 29.4 Å². The number of aromatic nitrogens is 3. The lowest BCUT2D eigenvalue weighted by atomic mass is 10.0. The summed E-state index contributed by atoms with van der Waals surface area (Å²) in [6.45, 7) is 6.60. The Morgan fingerprint density at radius 1 is 0.961 bits per heavy atom. The molecule has 51 heavy (non-hydrogen) atoms. The monoisotopic (exact) mass is 719 g/mol. The fourth-order valence-electron chi connectivity index (χ4n) is 5.94. The van der Waals surface area contributed by atoms with Crippen molar-refractivity contribution in [2.45, 2.75) is 50.4 Å². The SMILES string of the molecule is CCOC(=O)c1c(NC(=O)C(C)Sc2nnc(-c3ccco3)n2-c2ccc(OCc3ccccc3)cc2)sc2c1CCN(Cc1ccccc1)C2. The number of hydrogen-bond acceptors (Lipinski definition) is 10. The Bertz CT molecular complexity index is 2080. The first kappa shape index (κ1) is 34.3. The summed E-state index contributed by atoms with van der Waals surface area (Å²) in [6.07, 6.45) is 2.28. The van der Waals surface area contributed by atoms with Crippen LogP contribution in [0.1, 0.15) is 45.8 Å². The van der Waals surface area contributed by atoms with Crippen LogP contribution in [-0.2, 0) is 35.6 Å². The van der Waals surface area contributed by atoms with Crippen LogP contribution >= 0.6 is 23.1 Å². The minimum atomic E-state index is -0.588. The average Bonchev–Trinajstić information content (AvgIpc) is 3.91. The van der Waals surface area contributed by atoms with E-state index in [0.29, 0.717) is 46.9 Å². The Balaban J connectivity index is 1.10. The summed E-state index contributed by atoms with van der Waals surface area (Å²) >= 11 is 2.72. The molecule has 0 saturated heterocycles. The fourth-order valence-corrected chi connectivity index (χ4v) is 8.09. The Kier molecular flexibility index (Phi) is 10.6. The lowest BCUT2D eigenvalue weighted by Crippen LogP contribution is -2.30. The predicted octanol–water partition coefficient (Wildman–Crippen LogP) is 8.02. The number of nitrogens with zero attached hydrogens (tertiary/aromatic N) is 4. The number of carbonyl (C=O) groups excluding carboxylic acids is 2. The van der Waals surface area contributed by atoms with Crippen LogP contribution in [0.25, 0.3) is 17.3 Å². The number of thioether (sulfide) groups is 1. The molecule has 6 aromatic rings. The van der Waals surface area contributed by atoms with Gasteiger partial charge < -0.3 is 19.2 Å². The second-order valence-electron chi connectivity index (χ2n) is 12.0. The van der Waals surface area contributed by atoms with Gasteiger partial charge in [-0.3, -0.25) is 14.3 Å². The van der Waals surface area contributed by atoms with Gasteiger partial charge in [-0.2, -0.15) is 0 Å². The quantitative estimate of drug-likeness (QED) is 0.0937. The van der Waals surface area contributed by atoms with Crippen LogP contribution < -0.4 is 10.1 Å². The van der Waals surface area contributed by atoms with Gasteiger partial charge in [0.25, 0.3) is 0 Å². The number of thiophene rings is 1. The number of fused-ring (bicyclic) bond motifs is 1. The zero-order valence-electron chi connectivity index (χ0n) is 28.3. The molecule has 7 rings (SSSR count). The highest BCUT2D eigenvalue weighted by molar-refractivity contribution is 8.00. The van der Waals surface area contributed by atoms with Crippen molar-refractivity contribution in [2.75, 3.05) is 18.5 Å². The van der Waals surface area contributed by atoms with E-state index in [0.717, 1.165) is 40.5 Å². The second kappa shape index (κ2) is 15.8. The van der Waals surface area contributed by atoms with Gasteiger partial charge in [-0.1, -0.05) is 72.4 Å². The molecule has 1 N–H and O–H groups in total. The van der Waals surface area contributed by atoms with Gasteiger partial charge in [0.15, 0.2) is 10.9 Å². The number of nitrogens with one attached hydrogen (secondary N) is 1. The van der Waals surface area contributed by atoms with Gasteiger partial charge in [0.2, 0.25) is 11.7 Å². The molecule has 4 heterocycles. The summed E-state index contributed by atoms with van der Waals surface area (Å²) < 4.78 is 19.0. The highest BCUT2D eigenvalue weighted by Crippen LogP contribution is 2.39. The number of anilines is 1. The molecule has 0 saturated carbocycles. The van der Waals surface area contributed by atoms with E-state index in [2.05, 4.69) is 32.5 Å². The van der Waals surface area contributed by atoms with Crippen molar-refractivity contribution in [3.05, 3.63) is 130 Å². The van der Waals surface area contributed by atoms with Gasteiger partial charge in [-0.25, -0.2) is 4.79 Å². The first-order valence-electron chi connectivity index (χ1n) is 16.8. The zero-order valence-corrected chi connectivity index (χ0v) is 29.9. The van der Waals surface area contributed by atoms with E-state index in [-0.39, 0.29) is 12.5 Å². The molecule has 10 nitrogen and oxygen atoms in total. The summed E-state index contributed by atoms with van der Waals surface area (Å²) in [5.74, 6) is 1.09. The smallest absolute Gasteiger partial charge is 0.341 e. The number of ether oxygens (including phenoxy) is 2. The summed E-state index contributed by atoms with van der Waals surface area (Å²) in [5.41, 5.74) is 4.51. The maximum absolute atomic E-state index is 13.8. The third-order valence-electron chi connectivity index (χ3n) is 8.47. The molecule has 3 aromatic heterocycles. The molecule has 0 bridgehead atoms. The maximum Gasteiger partial charge on any atom is 0.341 e. The minimum Gasteiger partial charge on any atom is -0.489 e. The van der Waals surface area contributed by atoms with E-state index in [1.54, 1.807) is 19.3 Å². The molecule has 0 aliphatic carbocycles. The largest absolute Gasteiger partial charge is 0.489 e. The topological polar surface area (TPSA) is 112 Å². The molecule has 1 aliphatic heterocycles. The summed E-state index contributed by atoms with van der Waals surface area (Å²) in [6, 6.07) is 31.6. The van der Waals surface area contributed by atoms with E-state index >= 15 is 0 Å². The molecule has 12 heteroatoms. The molecule has 3 aromatic carbocycles. The van der Waals surface area contributed by atoms with E-state index in [9.17, 15) is 9.59 Å². The fraction of sp³-hybridized carbons (Fsp3) is 0.231. The Labute approximate surface area is 304 Å². The van der Waals surface area contributed by atoms with E-state index in [4.69, 9.17) is 13.9 Å². The maximum atomic E-state index is 13.8. The third-order valence-corrected chi connectivity index (χ3v) is 10.6. The molecular weight excluding hydrogens is 683 g/mol. The number of furan rings is 1. The zero-order chi connectivity index (χ0) is 35.2. The number of hydrogen-bond donors (Lipinski definition) is 1. The number of amides is 1. The Morgan fingerprint density at radius 2 is 1.71 bits per heavy atom. The Hall–Kier alpha value is -5.17. The lowest BCUT2D eigenvalue weighted by molar-refractivity contribution is -0.115. The molecule has 0 fully saturated rings. The average molecular weight is 720 g/mol. The molecule has 0 radical (unpaired) electrons. The third kappa shape index (κ3) is 7.93. The van der Waals surface area contributed by atoms with Crippen LogP contribution in [0.5, 0.6) is 5.75 Å². The number of rotatable bonds is 13. The Morgan fingerprint density at radius 3 is 2.41 bits per heavy atom. The first-order chi connectivity index (χ1) is 25.0. The normalized spacial score (nSPS) is 13.4. The van der Waals surface area contributed by atoms with E-state index in [1.807, 2.05) is 90.4 Å². The van der Waals surface area contributed by atoms with Gasteiger partial charge in [0, 0.05) is 24.5 Å². The highest BCUT2D eigenvalue weighted by atomic mass is 32.2. The van der Waals surface area contributed by atoms with E-state index in [1.165, 1.54) is 28.7 Å². The van der Waals surface area contributed by atoms with E-state index < -0.39 is 11.2 Å². The van der Waals surface area contributed by atoms with Crippen molar-refractivity contribution in [3.8, 4) is 23.0 Å². The highest BCUT2D eigenvalue weighted by Gasteiger charge is 2.31. The van der Waals surface area contributed by atoms with Crippen LogP contribution in [0.15, 0.2) is 113 Å². The van der Waals surface area contributed by atoms with Crippen LogP contribution in [-0.4, -0.2) is 49.9 Å². The first-order valence-corrected chi connectivity index (χ1v) is 18.5. The lowest BCUT2D eigenvalue weighted by Gasteiger charge is -2.27.